The van der Waals surface area contributed by atoms with Crippen molar-refractivity contribution in [2.75, 3.05) is 20.2 Å². The second-order valence-corrected chi connectivity index (χ2v) is 4.42. The maximum absolute atomic E-state index is 6.05. The Hall–Kier alpha value is -0.0800. The summed E-state index contributed by atoms with van der Waals surface area (Å²) in [6.07, 6.45) is 7.43. The number of unbranched alkanes of at least 4 members (excludes halogenated alkanes) is 2. The van der Waals surface area contributed by atoms with Crippen LogP contribution in [0.2, 0.25) is 0 Å². The smallest absolute Gasteiger partial charge is 0.122 e. The number of rotatable bonds is 7. The molecule has 1 aliphatic heterocycles. The third-order valence-corrected chi connectivity index (χ3v) is 3.32. The van der Waals surface area contributed by atoms with E-state index in [4.69, 9.17) is 4.74 Å². The summed E-state index contributed by atoms with van der Waals surface area (Å²) >= 11 is 0. The normalized spacial score (nSPS) is 27.6. The summed E-state index contributed by atoms with van der Waals surface area (Å²) in [7, 11) is 2.19. The topological polar surface area (TPSA) is 12.5 Å². The van der Waals surface area contributed by atoms with Gasteiger partial charge in [0.25, 0.3) is 0 Å². The van der Waals surface area contributed by atoms with Gasteiger partial charge in [0, 0.05) is 19.6 Å². The van der Waals surface area contributed by atoms with E-state index >= 15 is 0 Å². The fourth-order valence-corrected chi connectivity index (χ4v) is 2.01. The number of hydrogen-bond donors (Lipinski definition) is 0. The fraction of sp³-hybridized carbons (Fsp3) is 1.00. The van der Waals surface area contributed by atoms with Gasteiger partial charge in [-0.3, -0.25) is 4.90 Å². The molecule has 1 aliphatic rings. The molecule has 0 N–H and O–H groups in total. The van der Waals surface area contributed by atoms with Crippen molar-refractivity contribution < 1.29 is 4.74 Å². The van der Waals surface area contributed by atoms with Crippen LogP contribution in [-0.2, 0) is 4.74 Å². The van der Waals surface area contributed by atoms with Crippen LogP contribution in [-0.4, -0.2) is 30.8 Å². The highest BCUT2D eigenvalue weighted by atomic mass is 16.5. The van der Waals surface area contributed by atoms with Gasteiger partial charge in [0.05, 0.1) is 0 Å². The van der Waals surface area contributed by atoms with Gasteiger partial charge in [-0.05, 0) is 26.3 Å². The molecule has 14 heavy (non-hydrogen) atoms. The summed E-state index contributed by atoms with van der Waals surface area (Å²) in [5, 5.41) is 0. The lowest BCUT2D eigenvalue weighted by molar-refractivity contribution is -0.212. The van der Waals surface area contributed by atoms with Gasteiger partial charge < -0.3 is 4.74 Å². The van der Waals surface area contributed by atoms with Gasteiger partial charge in [-0.15, -0.1) is 0 Å². The van der Waals surface area contributed by atoms with E-state index in [0.29, 0.717) is 0 Å². The molecule has 0 radical (unpaired) electrons. The summed E-state index contributed by atoms with van der Waals surface area (Å²) in [4.78, 5) is 2.37. The molecular formula is C12H25NO. The van der Waals surface area contributed by atoms with Gasteiger partial charge in [-0.2, -0.15) is 0 Å². The van der Waals surface area contributed by atoms with Gasteiger partial charge in [0.1, 0.15) is 5.72 Å². The fourth-order valence-electron chi connectivity index (χ4n) is 2.01. The molecule has 1 unspecified atom stereocenters. The molecule has 1 rings (SSSR count). The van der Waals surface area contributed by atoms with Crippen LogP contribution in [0.5, 0.6) is 0 Å². The van der Waals surface area contributed by atoms with E-state index in [1.165, 1.54) is 45.1 Å². The van der Waals surface area contributed by atoms with E-state index in [2.05, 4.69) is 25.8 Å². The van der Waals surface area contributed by atoms with Crippen molar-refractivity contribution in [2.45, 2.75) is 58.1 Å². The van der Waals surface area contributed by atoms with E-state index in [1.807, 2.05) is 0 Å². The monoisotopic (exact) mass is 199 g/mol. The first-order chi connectivity index (χ1) is 6.75. The average molecular weight is 199 g/mol. The predicted octanol–water partition coefficient (Wildman–Crippen LogP) is 3.03. The second-order valence-electron chi connectivity index (χ2n) is 4.42. The van der Waals surface area contributed by atoms with Crippen LogP contribution in [0.25, 0.3) is 0 Å². The quantitative estimate of drug-likeness (QED) is 0.584. The number of likely N-dealkylation sites (tertiary alicyclic amines) is 1. The predicted molar refractivity (Wildman–Crippen MR) is 60.4 cm³/mol. The van der Waals surface area contributed by atoms with Crippen LogP contribution >= 0.6 is 0 Å². The molecule has 0 aromatic carbocycles. The zero-order valence-corrected chi connectivity index (χ0v) is 10.0. The molecule has 1 saturated heterocycles. The molecule has 1 fully saturated rings. The van der Waals surface area contributed by atoms with E-state index in [-0.39, 0.29) is 5.72 Å². The van der Waals surface area contributed by atoms with Crippen molar-refractivity contribution in [1.82, 2.24) is 4.90 Å². The maximum atomic E-state index is 6.05. The highest BCUT2D eigenvalue weighted by Gasteiger charge is 2.42. The first-order valence-electron chi connectivity index (χ1n) is 6.10. The third kappa shape index (κ3) is 2.71. The first-order valence-corrected chi connectivity index (χ1v) is 6.10. The standard InChI is InChI=1S/C12H25NO/c1-4-6-8-12(9-10-13(12)3)14-11-7-5-2/h4-11H2,1-3H3. The summed E-state index contributed by atoms with van der Waals surface area (Å²) in [6.45, 7) is 6.60. The molecule has 0 aliphatic carbocycles. The van der Waals surface area contributed by atoms with Crippen molar-refractivity contribution in [1.29, 1.82) is 0 Å². The van der Waals surface area contributed by atoms with E-state index < -0.39 is 0 Å². The summed E-state index contributed by atoms with van der Waals surface area (Å²) in [5.41, 5.74) is 0.116. The first kappa shape index (κ1) is 12.0. The molecule has 84 valence electrons. The van der Waals surface area contributed by atoms with Gasteiger partial charge >= 0.3 is 0 Å². The third-order valence-electron chi connectivity index (χ3n) is 3.32. The van der Waals surface area contributed by atoms with Crippen molar-refractivity contribution in [3.05, 3.63) is 0 Å². The summed E-state index contributed by atoms with van der Waals surface area (Å²) < 4.78 is 6.05. The zero-order valence-electron chi connectivity index (χ0n) is 10.0. The average Bonchev–Trinajstić information content (AvgIpc) is 2.21. The number of hydrogen-bond acceptors (Lipinski definition) is 2. The van der Waals surface area contributed by atoms with E-state index in [9.17, 15) is 0 Å². The Kier molecular flexibility index (Phi) is 4.90. The largest absolute Gasteiger partial charge is 0.360 e. The molecule has 0 saturated carbocycles. The molecular weight excluding hydrogens is 174 g/mol. The molecule has 1 heterocycles. The molecule has 0 spiro atoms. The lowest BCUT2D eigenvalue weighted by Crippen LogP contribution is -2.59. The molecule has 2 nitrogen and oxygen atoms in total. The van der Waals surface area contributed by atoms with Gasteiger partial charge in [-0.1, -0.05) is 26.7 Å². The van der Waals surface area contributed by atoms with Gasteiger partial charge in [0.15, 0.2) is 0 Å². The number of ether oxygens (including phenoxy) is 1. The van der Waals surface area contributed by atoms with Crippen molar-refractivity contribution in [3.8, 4) is 0 Å². The van der Waals surface area contributed by atoms with Crippen LogP contribution < -0.4 is 0 Å². The van der Waals surface area contributed by atoms with Crippen LogP contribution in [0, 0.1) is 0 Å². The molecule has 0 aromatic heterocycles. The van der Waals surface area contributed by atoms with Crippen molar-refractivity contribution in [3.63, 3.8) is 0 Å². The van der Waals surface area contributed by atoms with Crippen LogP contribution in [0.1, 0.15) is 52.4 Å². The maximum Gasteiger partial charge on any atom is 0.122 e. The Morgan fingerprint density at radius 1 is 1.21 bits per heavy atom. The Bertz CT molecular complexity index is 160. The Balaban J connectivity index is 2.30. The molecule has 1 atom stereocenters. The Morgan fingerprint density at radius 2 is 1.93 bits per heavy atom. The summed E-state index contributed by atoms with van der Waals surface area (Å²) in [6, 6.07) is 0. The minimum absolute atomic E-state index is 0.116. The van der Waals surface area contributed by atoms with Gasteiger partial charge in [-0.25, -0.2) is 0 Å². The molecule has 0 amide bonds. The van der Waals surface area contributed by atoms with Gasteiger partial charge in [0.2, 0.25) is 0 Å². The highest BCUT2D eigenvalue weighted by Crippen LogP contribution is 2.35. The Labute approximate surface area is 88.6 Å². The van der Waals surface area contributed by atoms with E-state index in [1.54, 1.807) is 0 Å². The minimum atomic E-state index is 0.116. The Morgan fingerprint density at radius 3 is 2.36 bits per heavy atom. The molecule has 2 heteroatoms. The zero-order chi connectivity index (χ0) is 10.4. The van der Waals surface area contributed by atoms with Crippen LogP contribution in [0.4, 0.5) is 0 Å². The van der Waals surface area contributed by atoms with Crippen molar-refractivity contribution >= 4 is 0 Å². The molecule has 0 aromatic rings. The lowest BCUT2D eigenvalue weighted by Gasteiger charge is -2.50. The number of nitrogens with zero attached hydrogens (tertiary/aromatic N) is 1. The minimum Gasteiger partial charge on any atom is -0.360 e. The highest BCUT2D eigenvalue weighted by molar-refractivity contribution is 4.89. The van der Waals surface area contributed by atoms with Crippen molar-refractivity contribution in [2.24, 2.45) is 0 Å². The molecule has 0 bridgehead atoms. The second kappa shape index (κ2) is 5.72. The lowest BCUT2D eigenvalue weighted by atomic mass is 9.93. The van der Waals surface area contributed by atoms with Crippen LogP contribution in [0.15, 0.2) is 0 Å². The van der Waals surface area contributed by atoms with Crippen LogP contribution in [0.3, 0.4) is 0 Å². The summed E-state index contributed by atoms with van der Waals surface area (Å²) in [5.74, 6) is 0. The SMILES string of the molecule is CCCCOC1(CCCC)CCN1C. The van der Waals surface area contributed by atoms with E-state index in [0.717, 1.165) is 6.61 Å².